The highest BCUT2D eigenvalue weighted by Crippen LogP contribution is 2.21. The number of nitrogens with one attached hydrogen (secondary N) is 1. The van der Waals surface area contributed by atoms with Crippen LogP contribution in [0.15, 0.2) is 12.1 Å². The lowest BCUT2D eigenvalue weighted by Gasteiger charge is -2.08. The molecule has 1 N–H and O–H groups in total. The van der Waals surface area contributed by atoms with Crippen LogP contribution >= 0.6 is 0 Å². The Balaban J connectivity index is 2.43. The SMILES string of the molecule is COc1cc(F)c(CCNCCCC#N)cc1F. The fourth-order valence-corrected chi connectivity index (χ4v) is 1.56. The predicted octanol–water partition coefficient (Wildman–Crippen LogP) is 2.41. The van der Waals surface area contributed by atoms with Gasteiger partial charge >= 0.3 is 0 Å². The summed E-state index contributed by atoms with van der Waals surface area (Å²) in [5.41, 5.74) is 0.320. The van der Waals surface area contributed by atoms with E-state index in [1.54, 1.807) is 0 Å². The third-order valence-corrected chi connectivity index (χ3v) is 2.53. The van der Waals surface area contributed by atoms with Crippen molar-refractivity contribution >= 4 is 0 Å². The van der Waals surface area contributed by atoms with Crippen LogP contribution in [0.25, 0.3) is 0 Å². The molecule has 0 bridgehead atoms. The molecular weight excluding hydrogens is 238 g/mol. The molecule has 0 unspecified atom stereocenters. The molecular formula is C13H16F2N2O. The van der Waals surface area contributed by atoms with Gasteiger partial charge in [-0.05, 0) is 37.6 Å². The van der Waals surface area contributed by atoms with Gasteiger partial charge in [0.25, 0.3) is 0 Å². The van der Waals surface area contributed by atoms with E-state index in [0.717, 1.165) is 18.6 Å². The van der Waals surface area contributed by atoms with Crippen molar-refractivity contribution in [1.82, 2.24) is 5.32 Å². The molecule has 1 aromatic rings. The van der Waals surface area contributed by atoms with Gasteiger partial charge in [-0.15, -0.1) is 0 Å². The van der Waals surface area contributed by atoms with Crippen LogP contribution in [0.2, 0.25) is 0 Å². The summed E-state index contributed by atoms with van der Waals surface area (Å²) >= 11 is 0. The number of hydrogen-bond acceptors (Lipinski definition) is 3. The van der Waals surface area contributed by atoms with Crippen LogP contribution in [-0.2, 0) is 6.42 Å². The van der Waals surface area contributed by atoms with Gasteiger partial charge in [-0.2, -0.15) is 5.26 Å². The summed E-state index contributed by atoms with van der Waals surface area (Å²) in [5.74, 6) is -1.11. The highest BCUT2D eigenvalue weighted by Gasteiger charge is 2.09. The van der Waals surface area contributed by atoms with Gasteiger partial charge in [0.2, 0.25) is 0 Å². The van der Waals surface area contributed by atoms with Crippen LogP contribution in [0.5, 0.6) is 5.75 Å². The van der Waals surface area contributed by atoms with Crippen molar-refractivity contribution in [3.8, 4) is 11.8 Å². The maximum Gasteiger partial charge on any atom is 0.165 e. The minimum Gasteiger partial charge on any atom is -0.494 e. The zero-order valence-corrected chi connectivity index (χ0v) is 10.3. The molecule has 0 atom stereocenters. The van der Waals surface area contributed by atoms with Crippen LogP contribution < -0.4 is 10.1 Å². The minimum atomic E-state index is -0.557. The second-order valence-corrected chi connectivity index (χ2v) is 3.84. The Kier molecular flexibility index (Phi) is 6.09. The van der Waals surface area contributed by atoms with Gasteiger partial charge in [0, 0.05) is 12.5 Å². The third kappa shape index (κ3) is 4.30. The van der Waals surface area contributed by atoms with Crippen molar-refractivity contribution in [2.24, 2.45) is 0 Å². The Bertz CT molecular complexity index is 430. The number of benzene rings is 1. The number of hydrogen-bond donors (Lipinski definition) is 1. The van der Waals surface area contributed by atoms with Crippen LogP contribution in [0.1, 0.15) is 18.4 Å². The Morgan fingerprint density at radius 1 is 1.28 bits per heavy atom. The summed E-state index contributed by atoms with van der Waals surface area (Å²) in [6.45, 7) is 1.25. The van der Waals surface area contributed by atoms with E-state index >= 15 is 0 Å². The van der Waals surface area contributed by atoms with Crippen LogP contribution in [0.3, 0.4) is 0 Å². The van der Waals surface area contributed by atoms with Crippen LogP contribution in [-0.4, -0.2) is 20.2 Å². The molecule has 0 fully saturated rings. The lowest BCUT2D eigenvalue weighted by Crippen LogP contribution is -2.18. The van der Waals surface area contributed by atoms with E-state index in [2.05, 4.69) is 10.1 Å². The molecule has 0 amide bonds. The van der Waals surface area contributed by atoms with Gasteiger partial charge in [-0.1, -0.05) is 0 Å². The summed E-state index contributed by atoms with van der Waals surface area (Å²) in [7, 11) is 1.30. The van der Waals surface area contributed by atoms with Crippen molar-refractivity contribution in [2.75, 3.05) is 20.2 Å². The highest BCUT2D eigenvalue weighted by molar-refractivity contribution is 5.31. The predicted molar refractivity (Wildman–Crippen MR) is 64.3 cm³/mol. The van der Waals surface area contributed by atoms with Crippen LogP contribution in [0, 0.1) is 23.0 Å². The maximum atomic E-state index is 13.5. The van der Waals surface area contributed by atoms with Crippen molar-refractivity contribution in [3.05, 3.63) is 29.3 Å². The van der Waals surface area contributed by atoms with E-state index in [1.807, 2.05) is 6.07 Å². The molecule has 1 aromatic carbocycles. The number of nitriles is 1. The average molecular weight is 254 g/mol. The number of rotatable bonds is 7. The summed E-state index contributed by atoms with van der Waals surface area (Å²) < 4.78 is 31.6. The largest absolute Gasteiger partial charge is 0.494 e. The van der Waals surface area contributed by atoms with Crippen molar-refractivity contribution < 1.29 is 13.5 Å². The van der Waals surface area contributed by atoms with Crippen molar-refractivity contribution in [2.45, 2.75) is 19.3 Å². The maximum absolute atomic E-state index is 13.5. The molecule has 1 rings (SSSR count). The topological polar surface area (TPSA) is 45.0 Å². The van der Waals surface area contributed by atoms with E-state index in [4.69, 9.17) is 5.26 Å². The summed E-state index contributed by atoms with van der Waals surface area (Å²) in [6.07, 6.45) is 1.66. The second-order valence-electron chi connectivity index (χ2n) is 3.84. The van der Waals surface area contributed by atoms with Gasteiger partial charge < -0.3 is 10.1 Å². The Morgan fingerprint density at radius 2 is 2.06 bits per heavy atom. The first-order chi connectivity index (χ1) is 8.69. The summed E-state index contributed by atoms with van der Waals surface area (Å²) in [4.78, 5) is 0. The zero-order valence-electron chi connectivity index (χ0n) is 10.3. The molecule has 5 heteroatoms. The van der Waals surface area contributed by atoms with Gasteiger partial charge in [0.05, 0.1) is 13.2 Å². The highest BCUT2D eigenvalue weighted by atomic mass is 19.1. The second kappa shape index (κ2) is 7.62. The summed E-state index contributed by atoms with van der Waals surface area (Å²) in [6, 6.07) is 4.26. The molecule has 0 saturated heterocycles. The normalized spacial score (nSPS) is 10.1. The zero-order chi connectivity index (χ0) is 13.4. The molecule has 98 valence electrons. The Morgan fingerprint density at radius 3 is 2.72 bits per heavy atom. The molecule has 0 aliphatic rings. The van der Waals surface area contributed by atoms with E-state index in [-0.39, 0.29) is 5.75 Å². The van der Waals surface area contributed by atoms with Gasteiger partial charge in [-0.25, -0.2) is 8.78 Å². The third-order valence-electron chi connectivity index (χ3n) is 2.53. The fraction of sp³-hybridized carbons (Fsp3) is 0.462. The van der Waals surface area contributed by atoms with E-state index < -0.39 is 11.6 Å². The summed E-state index contributed by atoms with van der Waals surface area (Å²) in [5, 5.41) is 11.4. The molecule has 0 radical (unpaired) electrons. The lowest BCUT2D eigenvalue weighted by atomic mass is 10.1. The van der Waals surface area contributed by atoms with E-state index in [9.17, 15) is 8.78 Å². The number of ether oxygens (including phenoxy) is 1. The van der Waals surface area contributed by atoms with E-state index in [1.165, 1.54) is 7.11 Å². The number of unbranched alkanes of at least 4 members (excludes halogenated alkanes) is 1. The molecule has 0 aliphatic carbocycles. The minimum absolute atomic E-state index is 0.0850. The smallest absolute Gasteiger partial charge is 0.165 e. The number of halogens is 2. The molecule has 0 heterocycles. The first-order valence-corrected chi connectivity index (χ1v) is 5.78. The standard InChI is InChI=1S/C13H16F2N2O/c1-18-13-9-11(14)10(8-12(13)15)4-7-17-6-3-2-5-16/h8-9,17H,2-4,6-7H2,1H3. The molecule has 0 aliphatic heterocycles. The first-order valence-electron chi connectivity index (χ1n) is 5.78. The Hall–Kier alpha value is -1.67. The number of nitrogens with zero attached hydrogens (tertiary/aromatic N) is 1. The molecule has 18 heavy (non-hydrogen) atoms. The van der Waals surface area contributed by atoms with Gasteiger partial charge in [0.15, 0.2) is 11.6 Å². The average Bonchev–Trinajstić information content (AvgIpc) is 2.37. The molecule has 0 aromatic heterocycles. The lowest BCUT2D eigenvalue weighted by molar-refractivity contribution is 0.381. The Labute approximate surface area is 105 Å². The molecule has 0 spiro atoms. The fourth-order valence-electron chi connectivity index (χ4n) is 1.56. The number of methoxy groups -OCH3 is 1. The van der Waals surface area contributed by atoms with Crippen molar-refractivity contribution in [3.63, 3.8) is 0 Å². The van der Waals surface area contributed by atoms with E-state index in [0.29, 0.717) is 31.5 Å². The van der Waals surface area contributed by atoms with Crippen molar-refractivity contribution in [1.29, 1.82) is 5.26 Å². The molecule has 3 nitrogen and oxygen atoms in total. The quantitative estimate of drug-likeness (QED) is 0.760. The van der Waals surface area contributed by atoms with Gasteiger partial charge in [0.1, 0.15) is 5.82 Å². The van der Waals surface area contributed by atoms with Crippen LogP contribution in [0.4, 0.5) is 8.78 Å². The van der Waals surface area contributed by atoms with Gasteiger partial charge in [-0.3, -0.25) is 0 Å². The monoisotopic (exact) mass is 254 g/mol. The molecule has 0 saturated carbocycles. The first kappa shape index (κ1) is 14.4.